The van der Waals surface area contributed by atoms with Gasteiger partial charge >= 0.3 is 0 Å². The van der Waals surface area contributed by atoms with E-state index in [9.17, 15) is 9.18 Å². The molecule has 1 aliphatic heterocycles. The molecule has 1 aromatic carbocycles. The number of fused-ring (bicyclic) bond motifs is 1. The number of hydrogen-bond donors (Lipinski definition) is 2. The maximum atomic E-state index is 13.7. The standard InChI is InChI=1S/C17H24FN3O/c1-21(11-12-6-2-4-8-14(12)18)17(22)10-16-13-7-3-5-9-15(13)19-20-16/h2,4,6,8,13,15-16,19-20H,3,5,7,9-11H2,1H3. The Labute approximate surface area is 131 Å². The third-order valence-electron chi connectivity index (χ3n) is 4.98. The van der Waals surface area contributed by atoms with Crippen LogP contribution in [0.4, 0.5) is 4.39 Å². The maximum absolute atomic E-state index is 13.7. The van der Waals surface area contributed by atoms with Crippen LogP contribution in [-0.4, -0.2) is 29.9 Å². The van der Waals surface area contributed by atoms with Gasteiger partial charge in [0.15, 0.2) is 0 Å². The quantitative estimate of drug-likeness (QED) is 0.896. The number of rotatable bonds is 4. The normalized spacial score (nSPS) is 27.5. The minimum Gasteiger partial charge on any atom is -0.341 e. The third-order valence-corrected chi connectivity index (χ3v) is 4.98. The third kappa shape index (κ3) is 3.31. The number of hydrazine groups is 1. The van der Waals surface area contributed by atoms with Crippen LogP contribution in [0, 0.1) is 11.7 Å². The summed E-state index contributed by atoms with van der Waals surface area (Å²) in [5, 5.41) is 0. The lowest BCUT2D eigenvalue weighted by Crippen LogP contribution is -2.38. The summed E-state index contributed by atoms with van der Waals surface area (Å²) in [6.07, 6.45) is 5.36. The fourth-order valence-corrected chi connectivity index (χ4v) is 3.66. The molecule has 0 aromatic heterocycles. The monoisotopic (exact) mass is 305 g/mol. The highest BCUT2D eigenvalue weighted by molar-refractivity contribution is 5.76. The molecule has 1 aromatic rings. The van der Waals surface area contributed by atoms with E-state index in [0.29, 0.717) is 30.5 Å². The molecule has 120 valence electrons. The molecule has 3 atom stereocenters. The second kappa shape index (κ2) is 6.75. The van der Waals surface area contributed by atoms with Gasteiger partial charge in [0.2, 0.25) is 5.91 Å². The fourth-order valence-electron chi connectivity index (χ4n) is 3.66. The van der Waals surface area contributed by atoms with E-state index in [0.717, 1.165) is 0 Å². The molecule has 3 unspecified atom stereocenters. The van der Waals surface area contributed by atoms with Crippen molar-refractivity contribution in [1.29, 1.82) is 0 Å². The molecule has 0 spiro atoms. The van der Waals surface area contributed by atoms with Gasteiger partial charge in [0.1, 0.15) is 5.82 Å². The van der Waals surface area contributed by atoms with Crippen LogP contribution in [0.1, 0.15) is 37.7 Å². The van der Waals surface area contributed by atoms with Crippen molar-refractivity contribution in [2.75, 3.05) is 7.05 Å². The largest absolute Gasteiger partial charge is 0.341 e. The van der Waals surface area contributed by atoms with Crippen LogP contribution < -0.4 is 10.9 Å². The Morgan fingerprint density at radius 1 is 1.27 bits per heavy atom. The molecule has 1 saturated heterocycles. The molecule has 2 fully saturated rings. The highest BCUT2D eigenvalue weighted by Gasteiger charge is 2.38. The van der Waals surface area contributed by atoms with Gasteiger partial charge in [0.25, 0.3) is 0 Å². The number of benzene rings is 1. The van der Waals surface area contributed by atoms with Crippen LogP contribution >= 0.6 is 0 Å². The predicted octanol–water partition coefficient (Wildman–Crippen LogP) is 2.21. The van der Waals surface area contributed by atoms with Crippen LogP contribution in [0.3, 0.4) is 0 Å². The SMILES string of the molecule is CN(Cc1ccccc1F)C(=O)CC1NNC2CCCCC21. The van der Waals surface area contributed by atoms with Crippen LogP contribution in [0.5, 0.6) is 0 Å². The van der Waals surface area contributed by atoms with Crippen molar-refractivity contribution < 1.29 is 9.18 Å². The first-order chi connectivity index (χ1) is 10.6. The molecule has 2 N–H and O–H groups in total. The number of carbonyl (C=O) groups excluding carboxylic acids is 1. The number of nitrogens with one attached hydrogen (secondary N) is 2. The van der Waals surface area contributed by atoms with Gasteiger partial charge in [-0.25, -0.2) is 4.39 Å². The lowest BCUT2D eigenvalue weighted by molar-refractivity contribution is -0.131. The summed E-state index contributed by atoms with van der Waals surface area (Å²) in [7, 11) is 1.75. The Hall–Kier alpha value is -1.46. The Bertz CT molecular complexity index is 536. The van der Waals surface area contributed by atoms with Crippen molar-refractivity contribution in [2.24, 2.45) is 5.92 Å². The molecule has 1 amide bonds. The molecule has 1 heterocycles. The molecular formula is C17H24FN3O. The molecule has 1 saturated carbocycles. The van der Waals surface area contributed by atoms with Crippen molar-refractivity contribution in [1.82, 2.24) is 15.8 Å². The predicted molar refractivity (Wildman–Crippen MR) is 83.3 cm³/mol. The van der Waals surface area contributed by atoms with Crippen molar-refractivity contribution in [3.63, 3.8) is 0 Å². The molecule has 4 nitrogen and oxygen atoms in total. The summed E-state index contributed by atoms with van der Waals surface area (Å²) < 4.78 is 13.7. The number of carbonyl (C=O) groups is 1. The Morgan fingerprint density at radius 3 is 2.86 bits per heavy atom. The Balaban J connectivity index is 1.56. The highest BCUT2D eigenvalue weighted by Crippen LogP contribution is 2.31. The van der Waals surface area contributed by atoms with E-state index in [-0.39, 0.29) is 17.8 Å². The fraction of sp³-hybridized carbons (Fsp3) is 0.588. The van der Waals surface area contributed by atoms with Crippen LogP contribution in [0.15, 0.2) is 24.3 Å². The Morgan fingerprint density at radius 2 is 2.05 bits per heavy atom. The molecule has 2 aliphatic rings. The van der Waals surface area contributed by atoms with Gasteiger partial charge < -0.3 is 4.90 Å². The van der Waals surface area contributed by atoms with E-state index in [1.54, 1.807) is 30.1 Å². The smallest absolute Gasteiger partial charge is 0.224 e. The molecule has 0 bridgehead atoms. The van der Waals surface area contributed by atoms with Gasteiger partial charge in [0.05, 0.1) is 0 Å². The zero-order valence-electron chi connectivity index (χ0n) is 13.0. The maximum Gasteiger partial charge on any atom is 0.224 e. The van der Waals surface area contributed by atoms with E-state index in [1.165, 1.54) is 31.7 Å². The van der Waals surface area contributed by atoms with Gasteiger partial charge in [-0.1, -0.05) is 31.0 Å². The van der Waals surface area contributed by atoms with E-state index < -0.39 is 0 Å². The van der Waals surface area contributed by atoms with E-state index in [2.05, 4.69) is 10.9 Å². The first-order valence-corrected chi connectivity index (χ1v) is 8.13. The van der Waals surface area contributed by atoms with Gasteiger partial charge in [-0.15, -0.1) is 0 Å². The summed E-state index contributed by atoms with van der Waals surface area (Å²) in [6, 6.07) is 7.32. The van der Waals surface area contributed by atoms with Gasteiger partial charge in [-0.05, 0) is 24.8 Å². The Kier molecular flexibility index (Phi) is 4.74. The topological polar surface area (TPSA) is 44.4 Å². The van der Waals surface area contributed by atoms with Gasteiger partial charge in [-0.2, -0.15) is 0 Å². The van der Waals surface area contributed by atoms with Crippen LogP contribution in [0.2, 0.25) is 0 Å². The lowest BCUT2D eigenvalue weighted by Gasteiger charge is -2.28. The second-order valence-electron chi connectivity index (χ2n) is 6.50. The molecular weight excluding hydrogens is 281 g/mol. The zero-order valence-corrected chi connectivity index (χ0v) is 13.0. The summed E-state index contributed by atoms with van der Waals surface area (Å²) in [5.41, 5.74) is 7.18. The number of halogens is 1. The van der Waals surface area contributed by atoms with Gasteiger partial charge in [-0.3, -0.25) is 15.6 Å². The summed E-state index contributed by atoms with van der Waals surface area (Å²) in [5.74, 6) is 0.350. The van der Waals surface area contributed by atoms with Crippen molar-refractivity contribution in [3.8, 4) is 0 Å². The van der Waals surface area contributed by atoms with Crippen molar-refractivity contribution >= 4 is 5.91 Å². The molecule has 3 rings (SSSR count). The summed E-state index contributed by atoms with van der Waals surface area (Å²) in [4.78, 5) is 14.0. The molecule has 22 heavy (non-hydrogen) atoms. The summed E-state index contributed by atoms with van der Waals surface area (Å²) >= 11 is 0. The van der Waals surface area contributed by atoms with Crippen LogP contribution in [-0.2, 0) is 11.3 Å². The van der Waals surface area contributed by atoms with E-state index in [1.807, 2.05) is 0 Å². The second-order valence-corrected chi connectivity index (χ2v) is 6.50. The minimum atomic E-state index is -0.254. The summed E-state index contributed by atoms with van der Waals surface area (Å²) in [6.45, 7) is 0.319. The van der Waals surface area contributed by atoms with E-state index >= 15 is 0 Å². The molecule has 0 radical (unpaired) electrons. The number of nitrogens with zero attached hydrogens (tertiary/aromatic N) is 1. The average molecular weight is 305 g/mol. The zero-order chi connectivity index (χ0) is 15.5. The van der Waals surface area contributed by atoms with Crippen molar-refractivity contribution in [3.05, 3.63) is 35.6 Å². The number of hydrogen-bond acceptors (Lipinski definition) is 3. The highest BCUT2D eigenvalue weighted by atomic mass is 19.1. The lowest BCUT2D eigenvalue weighted by atomic mass is 9.81. The molecule has 5 heteroatoms. The van der Waals surface area contributed by atoms with Gasteiger partial charge in [0, 0.05) is 37.7 Å². The molecule has 1 aliphatic carbocycles. The van der Waals surface area contributed by atoms with E-state index in [4.69, 9.17) is 0 Å². The number of amides is 1. The average Bonchev–Trinajstić information content (AvgIpc) is 2.93. The van der Waals surface area contributed by atoms with Crippen LogP contribution in [0.25, 0.3) is 0 Å². The first-order valence-electron chi connectivity index (χ1n) is 8.13. The minimum absolute atomic E-state index is 0.0637. The first kappa shape index (κ1) is 15.4. The van der Waals surface area contributed by atoms with Crippen molar-refractivity contribution in [2.45, 2.75) is 50.7 Å².